The monoisotopic (exact) mass is 368 g/mol. The number of nitrogens with zero attached hydrogens (tertiary/aromatic N) is 2. The smallest absolute Gasteiger partial charge is 0.0663 e. The number of aryl methyl sites for hydroxylation is 1. The van der Waals surface area contributed by atoms with Crippen molar-refractivity contribution in [1.29, 1.82) is 0 Å². The molecule has 1 aliphatic rings. The van der Waals surface area contributed by atoms with Crippen LogP contribution in [-0.4, -0.2) is 17.7 Å². The van der Waals surface area contributed by atoms with Crippen molar-refractivity contribution in [3.05, 3.63) is 59.0 Å². The second-order valence-corrected chi connectivity index (χ2v) is 7.06. The Bertz CT molecular complexity index is 809. The highest BCUT2D eigenvalue weighted by Crippen LogP contribution is 2.30. The Kier molecular flexibility index (Phi) is 6.29. The summed E-state index contributed by atoms with van der Waals surface area (Å²) in [4.78, 5) is 8.89. The second kappa shape index (κ2) is 8.86. The number of pyridine rings is 1. The minimum absolute atomic E-state index is 0.662. The molecule has 26 heavy (non-hydrogen) atoms. The van der Waals surface area contributed by atoms with Gasteiger partial charge in [0.15, 0.2) is 0 Å². The number of hydrogen-bond acceptors (Lipinski definition) is 4. The van der Waals surface area contributed by atoms with Gasteiger partial charge in [0.2, 0.25) is 0 Å². The molecule has 3 N–H and O–H groups in total. The highest BCUT2D eigenvalue weighted by Gasteiger charge is 2.20. The molecule has 1 aromatic carbocycles. The first-order valence-corrected chi connectivity index (χ1v) is 9.52. The predicted molar refractivity (Wildman–Crippen MR) is 111 cm³/mol. The lowest BCUT2D eigenvalue weighted by Gasteiger charge is -2.09. The van der Waals surface area contributed by atoms with Crippen LogP contribution in [0.2, 0.25) is 5.02 Å². The molecule has 1 saturated carbocycles. The van der Waals surface area contributed by atoms with E-state index >= 15 is 0 Å². The Morgan fingerprint density at radius 2 is 2.19 bits per heavy atom. The Labute approximate surface area is 160 Å². The summed E-state index contributed by atoms with van der Waals surface area (Å²) in [5.41, 5.74) is 10.4. The molecule has 0 radical (unpaired) electrons. The number of rotatable bonds is 8. The summed E-state index contributed by atoms with van der Waals surface area (Å²) >= 11 is 6.47. The van der Waals surface area contributed by atoms with Crippen molar-refractivity contribution in [1.82, 2.24) is 4.98 Å². The van der Waals surface area contributed by atoms with Crippen LogP contribution >= 0.6 is 11.6 Å². The molecule has 1 aromatic heterocycles. The topological polar surface area (TPSA) is 63.3 Å². The van der Waals surface area contributed by atoms with E-state index in [-0.39, 0.29) is 0 Å². The summed E-state index contributed by atoms with van der Waals surface area (Å²) in [7, 11) is 0. The number of halogens is 1. The lowest BCUT2D eigenvalue weighted by molar-refractivity contribution is 0.883. The molecule has 4 nitrogen and oxygen atoms in total. The third kappa shape index (κ3) is 5.09. The zero-order valence-electron chi connectivity index (χ0n) is 15.1. The number of aromatic nitrogens is 1. The van der Waals surface area contributed by atoms with Crippen LogP contribution in [0.25, 0.3) is 5.57 Å². The van der Waals surface area contributed by atoms with Crippen LogP contribution < -0.4 is 11.1 Å². The maximum atomic E-state index is 6.47. The fourth-order valence-electron chi connectivity index (χ4n) is 2.73. The molecule has 0 unspecified atom stereocenters. The number of anilines is 1. The van der Waals surface area contributed by atoms with E-state index in [0.29, 0.717) is 5.02 Å². The summed E-state index contributed by atoms with van der Waals surface area (Å²) in [6, 6.07) is 9.85. The van der Waals surface area contributed by atoms with E-state index in [2.05, 4.69) is 22.2 Å². The van der Waals surface area contributed by atoms with Gasteiger partial charge in [0, 0.05) is 47.7 Å². The summed E-state index contributed by atoms with van der Waals surface area (Å²) in [5.74, 6) is 0.818. The van der Waals surface area contributed by atoms with Crippen LogP contribution in [0.3, 0.4) is 0 Å². The van der Waals surface area contributed by atoms with Crippen molar-refractivity contribution < 1.29 is 0 Å². The molecule has 0 atom stereocenters. The molecule has 1 heterocycles. The molecular formula is C21H25ClN4. The van der Waals surface area contributed by atoms with Crippen LogP contribution in [0, 0.1) is 5.92 Å². The Balaban J connectivity index is 1.72. The third-order valence-corrected chi connectivity index (χ3v) is 4.72. The van der Waals surface area contributed by atoms with E-state index < -0.39 is 0 Å². The van der Waals surface area contributed by atoms with Gasteiger partial charge in [-0.05, 0) is 49.4 Å². The van der Waals surface area contributed by atoms with Gasteiger partial charge in [-0.1, -0.05) is 31.0 Å². The summed E-state index contributed by atoms with van der Waals surface area (Å²) < 4.78 is 0. The SMILES string of the molecule is CCCc1cc(N=CC(=CN)c2ccc(NCC3CC3)cc2Cl)ccn1. The van der Waals surface area contributed by atoms with Gasteiger partial charge in [0.1, 0.15) is 0 Å². The van der Waals surface area contributed by atoms with E-state index in [0.717, 1.165) is 53.5 Å². The van der Waals surface area contributed by atoms with Crippen LogP contribution in [0.4, 0.5) is 11.4 Å². The van der Waals surface area contributed by atoms with E-state index in [9.17, 15) is 0 Å². The maximum absolute atomic E-state index is 6.47. The summed E-state index contributed by atoms with van der Waals surface area (Å²) in [5, 5.41) is 4.09. The van der Waals surface area contributed by atoms with Gasteiger partial charge in [-0.15, -0.1) is 0 Å². The summed E-state index contributed by atoms with van der Waals surface area (Å²) in [6.45, 7) is 3.15. The third-order valence-electron chi connectivity index (χ3n) is 4.41. The zero-order valence-corrected chi connectivity index (χ0v) is 15.8. The largest absolute Gasteiger partial charge is 0.404 e. The fourth-order valence-corrected chi connectivity index (χ4v) is 3.02. The van der Waals surface area contributed by atoms with E-state index in [4.69, 9.17) is 17.3 Å². The van der Waals surface area contributed by atoms with E-state index in [1.807, 2.05) is 30.3 Å². The predicted octanol–water partition coefficient (Wildman–Crippen LogP) is 5.21. The van der Waals surface area contributed by atoms with Crippen LogP contribution in [0.1, 0.15) is 37.4 Å². The van der Waals surface area contributed by atoms with Gasteiger partial charge >= 0.3 is 0 Å². The molecule has 1 fully saturated rings. The lowest BCUT2D eigenvalue weighted by atomic mass is 10.1. The quantitative estimate of drug-likeness (QED) is 0.628. The standard InChI is InChI=1S/C21H25ClN4/c1-2-3-17-10-19(8-9-24-17)26-14-16(12-23)20-7-6-18(11-21(20)22)25-13-15-4-5-15/h6-12,14-15,25H,2-5,13,23H2,1H3. The van der Waals surface area contributed by atoms with E-state index in [1.165, 1.54) is 19.0 Å². The van der Waals surface area contributed by atoms with Gasteiger partial charge in [-0.2, -0.15) is 0 Å². The van der Waals surface area contributed by atoms with Crippen molar-refractivity contribution in [2.45, 2.75) is 32.6 Å². The number of benzene rings is 1. The van der Waals surface area contributed by atoms with Crippen molar-refractivity contribution in [2.24, 2.45) is 16.6 Å². The molecule has 0 aliphatic heterocycles. The average Bonchev–Trinajstić information content (AvgIpc) is 3.47. The number of aliphatic imine (C=N–C) groups is 1. The molecule has 0 amide bonds. The second-order valence-electron chi connectivity index (χ2n) is 6.65. The Morgan fingerprint density at radius 3 is 2.88 bits per heavy atom. The number of allylic oxidation sites excluding steroid dienone is 1. The molecular weight excluding hydrogens is 344 g/mol. The van der Waals surface area contributed by atoms with Crippen molar-refractivity contribution >= 4 is 34.8 Å². The van der Waals surface area contributed by atoms with Crippen molar-refractivity contribution in [2.75, 3.05) is 11.9 Å². The van der Waals surface area contributed by atoms with Gasteiger partial charge in [-0.3, -0.25) is 9.98 Å². The maximum Gasteiger partial charge on any atom is 0.0663 e. The van der Waals surface area contributed by atoms with Crippen LogP contribution in [0.15, 0.2) is 47.7 Å². The summed E-state index contributed by atoms with van der Waals surface area (Å²) in [6.07, 6.45) is 9.74. The van der Waals surface area contributed by atoms with Gasteiger partial charge < -0.3 is 11.1 Å². The Hall–Kier alpha value is -2.33. The number of hydrogen-bond donors (Lipinski definition) is 2. The molecule has 2 aromatic rings. The molecule has 1 aliphatic carbocycles. The molecule has 0 saturated heterocycles. The number of nitrogens with one attached hydrogen (secondary N) is 1. The Morgan fingerprint density at radius 1 is 1.35 bits per heavy atom. The first kappa shape index (κ1) is 18.5. The first-order chi connectivity index (χ1) is 12.7. The van der Waals surface area contributed by atoms with Gasteiger partial charge in [-0.25, -0.2) is 0 Å². The zero-order chi connectivity index (χ0) is 18.4. The van der Waals surface area contributed by atoms with Gasteiger partial charge in [0.25, 0.3) is 0 Å². The highest BCUT2D eigenvalue weighted by atomic mass is 35.5. The van der Waals surface area contributed by atoms with Gasteiger partial charge in [0.05, 0.1) is 10.7 Å². The van der Waals surface area contributed by atoms with Crippen molar-refractivity contribution in [3.63, 3.8) is 0 Å². The number of nitrogens with two attached hydrogens (primary N) is 1. The molecule has 5 heteroatoms. The normalized spacial score (nSPS) is 14.8. The molecule has 0 bridgehead atoms. The minimum atomic E-state index is 0.662. The average molecular weight is 369 g/mol. The van der Waals surface area contributed by atoms with E-state index in [1.54, 1.807) is 12.4 Å². The lowest BCUT2D eigenvalue weighted by Crippen LogP contribution is -2.03. The first-order valence-electron chi connectivity index (χ1n) is 9.14. The molecule has 136 valence electrons. The van der Waals surface area contributed by atoms with Crippen LogP contribution in [0.5, 0.6) is 0 Å². The van der Waals surface area contributed by atoms with Crippen molar-refractivity contribution in [3.8, 4) is 0 Å². The van der Waals surface area contributed by atoms with Crippen LogP contribution in [-0.2, 0) is 6.42 Å². The molecule has 0 spiro atoms. The highest BCUT2D eigenvalue weighted by molar-refractivity contribution is 6.34. The fraction of sp³-hybridized carbons (Fsp3) is 0.333. The molecule has 3 rings (SSSR count). The minimum Gasteiger partial charge on any atom is -0.404 e.